The maximum Gasteiger partial charge on any atom is 0.226 e. The zero-order chi connectivity index (χ0) is 19.2. The smallest absolute Gasteiger partial charge is 0.226 e. The lowest BCUT2D eigenvalue weighted by Crippen LogP contribution is -2.49. The lowest BCUT2D eigenvalue weighted by atomic mass is 10.0. The van der Waals surface area contributed by atoms with Crippen molar-refractivity contribution >= 4 is 23.3 Å². The van der Waals surface area contributed by atoms with Gasteiger partial charge in [-0.15, -0.1) is 0 Å². The number of amides is 1. The molecule has 0 radical (unpaired) electrons. The van der Waals surface area contributed by atoms with Crippen LogP contribution in [0.4, 0.5) is 5.82 Å². The van der Waals surface area contributed by atoms with E-state index in [9.17, 15) is 4.79 Å². The molecule has 0 unspecified atom stereocenters. The molecule has 1 aromatic carbocycles. The van der Waals surface area contributed by atoms with Crippen molar-refractivity contribution < 1.29 is 9.53 Å². The minimum Gasteiger partial charge on any atom is -0.493 e. The van der Waals surface area contributed by atoms with Crippen LogP contribution in [0.3, 0.4) is 0 Å². The fraction of sp³-hybridized carbons (Fsp3) is 0.429. The Morgan fingerprint density at radius 1 is 1.11 bits per heavy atom. The van der Waals surface area contributed by atoms with Gasteiger partial charge in [0, 0.05) is 32.4 Å². The van der Waals surface area contributed by atoms with Crippen molar-refractivity contribution in [3.05, 3.63) is 53.2 Å². The summed E-state index contributed by atoms with van der Waals surface area (Å²) in [5.41, 5.74) is 1.28. The van der Waals surface area contributed by atoms with Crippen molar-refractivity contribution in [1.82, 2.24) is 9.88 Å². The monoisotopic (exact) mass is 387 g/mol. The molecule has 6 heteroatoms. The van der Waals surface area contributed by atoms with E-state index >= 15 is 0 Å². The summed E-state index contributed by atoms with van der Waals surface area (Å²) in [4.78, 5) is 20.8. The summed E-state index contributed by atoms with van der Waals surface area (Å²) in [7, 11) is 0. The summed E-state index contributed by atoms with van der Waals surface area (Å²) >= 11 is 5.88. The van der Waals surface area contributed by atoms with Crippen molar-refractivity contribution in [2.75, 3.05) is 37.7 Å². The number of carbonyl (C=O) groups is 1. The third-order valence-electron chi connectivity index (χ3n) is 4.80. The lowest BCUT2D eigenvalue weighted by Gasteiger charge is -2.35. The Bertz CT molecular complexity index is 739. The fourth-order valence-electron chi connectivity index (χ4n) is 3.10. The largest absolute Gasteiger partial charge is 0.493 e. The molecule has 0 spiro atoms. The number of hydrogen-bond acceptors (Lipinski definition) is 4. The van der Waals surface area contributed by atoms with Gasteiger partial charge in [-0.25, -0.2) is 4.98 Å². The van der Waals surface area contributed by atoms with Gasteiger partial charge in [0.25, 0.3) is 0 Å². The van der Waals surface area contributed by atoms with Gasteiger partial charge in [0.2, 0.25) is 5.91 Å². The van der Waals surface area contributed by atoms with Gasteiger partial charge in [-0.3, -0.25) is 4.79 Å². The van der Waals surface area contributed by atoms with Crippen molar-refractivity contribution in [3.8, 4) is 5.75 Å². The molecule has 0 bridgehead atoms. The highest BCUT2D eigenvalue weighted by molar-refractivity contribution is 6.30. The first-order valence-corrected chi connectivity index (χ1v) is 9.78. The van der Waals surface area contributed by atoms with Crippen LogP contribution in [0.5, 0.6) is 5.75 Å². The molecule has 0 N–H and O–H groups in total. The highest BCUT2D eigenvalue weighted by atomic mass is 35.5. The molecule has 2 heterocycles. The first kappa shape index (κ1) is 19.5. The van der Waals surface area contributed by atoms with Gasteiger partial charge >= 0.3 is 0 Å². The Morgan fingerprint density at radius 3 is 2.41 bits per heavy atom. The van der Waals surface area contributed by atoms with Crippen LogP contribution in [-0.4, -0.2) is 48.6 Å². The predicted octanol–water partition coefficient (Wildman–Crippen LogP) is 3.98. The SMILES string of the molecule is CC(C)c1ccc(OCCC(=O)N2CCN(c3ccc(Cl)cn3)CC2)cc1. The Hall–Kier alpha value is -2.27. The van der Waals surface area contributed by atoms with Gasteiger partial charge in [0.05, 0.1) is 18.1 Å². The van der Waals surface area contributed by atoms with E-state index < -0.39 is 0 Å². The third kappa shape index (κ3) is 5.36. The van der Waals surface area contributed by atoms with Gasteiger partial charge in [-0.05, 0) is 35.7 Å². The molecule has 1 aromatic heterocycles. The summed E-state index contributed by atoms with van der Waals surface area (Å²) < 4.78 is 5.72. The average Bonchev–Trinajstić information content (AvgIpc) is 2.69. The van der Waals surface area contributed by atoms with Crippen LogP contribution >= 0.6 is 11.6 Å². The van der Waals surface area contributed by atoms with Crippen LogP contribution in [0.2, 0.25) is 5.02 Å². The standard InChI is InChI=1S/C21H26ClN3O2/c1-16(2)17-3-6-19(7-4-17)27-14-9-21(26)25-12-10-24(11-13-25)20-8-5-18(22)15-23-20/h3-8,15-16H,9-14H2,1-2H3. The second kappa shape index (κ2) is 9.09. The van der Waals surface area contributed by atoms with Gasteiger partial charge in [0.15, 0.2) is 0 Å². The van der Waals surface area contributed by atoms with E-state index in [1.807, 2.05) is 29.2 Å². The van der Waals surface area contributed by atoms with Crippen LogP contribution in [0, 0.1) is 0 Å². The number of pyridine rings is 1. The Balaban J connectivity index is 1.41. The molecule has 3 rings (SSSR count). The van der Waals surface area contributed by atoms with Crippen molar-refractivity contribution in [1.29, 1.82) is 0 Å². The molecule has 27 heavy (non-hydrogen) atoms. The summed E-state index contributed by atoms with van der Waals surface area (Å²) in [5.74, 6) is 2.35. The van der Waals surface area contributed by atoms with Gasteiger partial charge < -0.3 is 14.5 Å². The number of hydrogen-bond donors (Lipinski definition) is 0. The van der Waals surface area contributed by atoms with E-state index in [0.29, 0.717) is 37.1 Å². The number of nitrogens with zero attached hydrogens (tertiary/aromatic N) is 3. The van der Waals surface area contributed by atoms with Crippen molar-refractivity contribution in [3.63, 3.8) is 0 Å². The minimum absolute atomic E-state index is 0.137. The molecule has 1 saturated heterocycles. The molecule has 0 saturated carbocycles. The van der Waals surface area contributed by atoms with Crippen LogP contribution in [0.1, 0.15) is 31.7 Å². The van der Waals surface area contributed by atoms with Crippen LogP contribution in [0.25, 0.3) is 0 Å². The molecular weight excluding hydrogens is 362 g/mol. The zero-order valence-electron chi connectivity index (χ0n) is 15.9. The average molecular weight is 388 g/mol. The minimum atomic E-state index is 0.137. The topological polar surface area (TPSA) is 45.7 Å². The number of halogens is 1. The number of piperazine rings is 1. The molecule has 5 nitrogen and oxygen atoms in total. The van der Waals surface area contributed by atoms with Crippen molar-refractivity contribution in [2.45, 2.75) is 26.2 Å². The fourth-order valence-corrected chi connectivity index (χ4v) is 3.22. The number of ether oxygens (including phenoxy) is 1. The number of carbonyl (C=O) groups excluding carboxylic acids is 1. The zero-order valence-corrected chi connectivity index (χ0v) is 16.7. The number of benzene rings is 1. The second-order valence-electron chi connectivity index (χ2n) is 7.02. The number of rotatable bonds is 6. The predicted molar refractivity (Wildman–Crippen MR) is 109 cm³/mol. The second-order valence-corrected chi connectivity index (χ2v) is 7.46. The van der Waals surface area contributed by atoms with E-state index in [1.165, 1.54) is 5.56 Å². The molecule has 0 aliphatic carbocycles. The van der Waals surface area contributed by atoms with Gasteiger partial charge in [-0.2, -0.15) is 0 Å². The number of aromatic nitrogens is 1. The van der Waals surface area contributed by atoms with E-state index in [1.54, 1.807) is 6.20 Å². The van der Waals surface area contributed by atoms with E-state index in [2.05, 4.69) is 35.9 Å². The first-order valence-electron chi connectivity index (χ1n) is 9.40. The van der Waals surface area contributed by atoms with Gasteiger partial charge in [-0.1, -0.05) is 37.6 Å². The van der Waals surface area contributed by atoms with E-state index in [4.69, 9.17) is 16.3 Å². The van der Waals surface area contributed by atoms with Crippen molar-refractivity contribution in [2.24, 2.45) is 0 Å². The molecule has 2 aromatic rings. The highest BCUT2D eigenvalue weighted by Gasteiger charge is 2.21. The molecule has 1 amide bonds. The third-order valence-corrected chi connectivity index (χ3v) is 5.02. The number of anilines is 1. The summed E-state index contributed by atoms with van der Waals surface area (Å²) in [6.45, 7) is 7.68. The molecule has 0 atom stereocenters. The Kier molecular flexibility index (Phi) is 6.56. The molecular formula is C21H26ClN3O2. The first-order chi connectivity index (χ1) is 13.0. The Morgan fingerprint density at radius 2 is 1.81 bits per heavy atom. The molecule has 1 aliphatic heterocycles. The maximum atomic E-state index is 12.4. The molecule has 1 aliphatic rings. The summed E-state index contributed by atoms with van der Waals surface area (Å²) in [6, 6.07) is 11.8. The van der Waals surface area contributed by atoms with Gasteiger partial charge in [0.1, 0.15) is 11.6 Å². The van der Waals surface area contributed by atoms with Crippen LogP contribution in [-0.2, 0) is 4.79 Å². The van der Waals surface area contributed by atoms with Crippen LogP contribution in [0.15, 0.2) is 42.6 Å². The van der Waals surface area contributed by atoms with E-state index in [-0.39, 0.29) is 5.91 Å². The normalized spacial score (nSPS) is 14.5. The van der Waals surface area contributed by atoms with Crippen LogP contribution < -0.4 is 9.64 Å². The molecule has 144 valence electrons. The van der Waals surface area contributed by atoms with E-state index in [0.717, 1.165) is 24.7 Å². The summed E-state index contributed by atoms with van der Waals surface area (Å²) in [6.07, 6.45) is 2.05. The Labute approximate surface area is 165 Å². The maximum absolute atomic E-state index is 12.4. The lowest BCUT2D eigenvalue weighted by molar-refractivity contribution is -0.132. The molecule has 1 fully saturated rings. The highest BCUT2D eigenvalue weighted by Crippen LogP contribution is 2.19. The summed E-state index contributed by atoms with van der Waals surface area (Å²) in [5, 5.41) is 0.631. The quantitative estimate of drug-likeness (QED) is 0.752.